The Kier molecular flexibility index (Phi) is 3.32. The first-order chi connectivity index (χ1) is 11.2. The maximum Gasteiger partial charge on any atom is 0.181 e. The third-order valence-corrected chi connectivity index (χ3v) is 3.94. The molecule has 2 aromatic heterocycles. The third-order valence-electron chi connectivity index (χ3n) is 3.69. The van der Waals surface area contributed by atoms with Crippen molar-refractivity contribution in [2.75, 3.05) is 0 Å². The number of halogens is 1. The van der Waals surface area contributed by atoms with Gasteiger partial charge in [-0.05, 0) is 31.2 Å². The van der Waals surface area contributed by atoms with E-state index in [4.69, 9.17) is 16.6 Å². The largest absolute Gasteiger partial charge is 0.241 e. The van der Waals surface area contributed by atoms with Crippen LogP contribution >= 0.6 is 11.6 Å². The van der Waals surface area contributed by atoms with Gasteiger partial charge in [0.1, 0.15) is 5.52 Å². The quantitative estimate of drug-likeness (QED) is 0.548. The van der Waals surface area contributed by atoms with Gasteiger partial charge < -0.3 is 0 Å². The smallest absolute Gasteiger partial charge is 0.181 e. The van der Waals surface area contributed by atoms with E-state index in [0.29, 0.717) is 5.02 Å². The maximum atomic E-state index is 5.94. The fourth-order valence-corrected chi connectivity index (χ4v) is 2.66. The second kappa shape index (κ2) is 5.48. The Hall–Kier alpha value is -2.72. The third kappa shape index (κ3) is 2.47. The summed E-state index contributed by atoms with van der Waals surface area (Å²) in [6.45, 7) is 1.95. The molecule has 0 saturated heterocycles. The number of rotatable bonds is 2. The zero-order valence-corrected chi connectivity index (χ0v) is 13.2. The molecule has 2 heterocycles. The van der Waals surface area contributed by atoms with Crippen molar-refractivity contribution < 1.29 is 0 Å². The number of hydrogen-bond acceptors (Lipinski definition) is 3. The Bertz CT molecular complexity index is 975. The van der Waals surface area contributed by atoms with Gasteiger partial charge in [-0.25, -0.2) is 14.6 Å². The van der Waals surface area contributed by atoms with E-state index in [1.54, 1.807) is 6.20 Å². The highest BCUT2D eigenvalue weighted by atomic mass is 35.5. The lowest BCUT2D eigenvalue weighted by Crippen LogP contribution is -1.97. The van der Waals surface area contributed by atoms with Crippen molar-refractivity contribution >= 4 is 22.8 Å². The summed E-state index contributed by atoms with van der Waals surface area (Å²) >= 11 is 5.94. The van der Waals surface area contributed by atoms with Crippen LogP contribution in [0.25, 0.3) is 28.1 Å². The van der Waals surface area contributed by atoms with Crippen molar-refractivity contribution in [2.24, 2.45) is 0 Å². The van der Waals surface area contributed by atoms with Gasteiger partial charge >= 0.3 is 0 Å². The first kappa shape index (κ1) is 13.9. The Labute approximate surface area is 138 Å². The predicted molar refractivity (Wildman–Crippen MR) is 91.8 cm³/mol. The van der Waals surface area contributed by atoms with E-state index in [1.165, 1.54) is 0 Å². The molecule has 4 nitrogen and oxygen atoms in total. The minimum absolute atomic E-state index is 0.705. The molecule has 0 aliphatic rings. The molecule has 0 atom stereocenters. The number of fused-ring (bicyclic) bond motifs is 1. The van der Waals surface area contributed by atoms with Gasteiger partial charge in [0, 0.05) is 10.6 Å². The van der Waals surface area contributed by atoms with Gasteiger partial charge in [0.05, 0.1) is 23.3 Å². The Morgan fingerprint density at radius 1 is 0.957 bits per heavy atom. The normalized spacial score (nSPS) is 11.0. The molecule has 5 heteroatoms. The first-order valence-corrected chi connectivity index (χ1v) is 7.64. The number of nitrogens with zero attached hydrogens (tertiary/aromatic N) is 4. The highest BCUT2D eigenvalue weighted by molar-refractivity contribution is 6.30. The van der Waals surface area contributed by atoms with Crippen molar-refractivity contribution in [2.45, 2.75) is 6.92 Å². The van der Waals surface area contributed by atoms with Gasteiger partial charge in [0.15, 0.2) is 5.65 Å². The summed E-state index contributed by atoms with van der Waals surface area (Å²) in [5.74, 6) is 0. The van der Waals surface area contributed by atoms with Gasteiger partial charge in [-0.15, -0.1) is 0 Å². The Morgan fingerprint density at radius 3 is 2.43 bits per heavy atom. The van der Waals surface area contributed by atoms with E-state index >= 15 is 0 Å². The highest BCUT2D eigenvalue weighted by Crippen LogP contribution is 2.24. The van der Waals surface area contributed by atoms with Crippen LogP contribution in [0.1, 0.15) is 5.69 Å². The summed E-state index contributed by atoms with van der Waals surface area (Å²) in [7, 11) is 0. The van der Waals surface area contributed by atoms with Gasteiger partial charge in [-0.2, -0.15) is 5.10 Å². The van der Waals surface area contributed by atoms with Gasteiger partial charge in [0.2, 0.25) is 0 Å². The summed E-state index contributed by atoms with van der Waals surface area (Å²) < 4.78 is 1.82. The average molecular weight is 321 g/mol. The van der Waals surface area contributed by atoms with E-state index in [-0.39, 0.29) is 0 Å². The lowest BCUT2D eigenvalue weighted by Gasteiger charge is -2.03. The molecule has 0 aliphatic heterocycles. The zero-order chi connectivity index (χ0) is 15.8. The van der Waals surface area contributed by atoms with Crippen LogP contribution in [0.2, 0.25) is 5.02 Å². The number of aromatic nitrogens is 4. The number of hydrogen-bond donors (Lipinski definition) is 0. The van der Waals surface area contributed by atoms with Crippen LogP contribution in [-0.2, 0) is 0 Å². The second-order valence-electron chi connectivity index (χ2n) is 5.27. The highest BCUT2D eigenvalue weighted by Gasteiger charge is 2.13. The maximum absolute atomic E-state index is 5.94. The van der Waals surface area contributed by atoms with E-state index in [0.717, 1.165) is 33.8 Å². The summed E-state index contributed by atoms with van der Waals surface area (Å²) in [6.07, 6.45) is 1.77. The Balaban J connectivity index is 1.87. The molecule has 0 bridgehead atoms. The molecule has 0 N–H and O–H groups in total. The van der Waals surface area contributed by atoms with Crippen LogP contribution < -0.4 is 0 Å². The molecule has 4 aromatic rings. The molecular weight excluding hydrogens is 308 g/mol. The zero-order valence-electron chi connectivity index (χ0n) is 12.4. The predicted octanol–water partition coefficient (Wildman–Crippen LogP) is 4.44. The standard InChI is InChI=1S/C18H13ClN4/c1-12-17-18(23(22-12)15-5-3-2-4-6-15)20-11-16(21-17)13-7-9-14(19)10-8-13/h2-11H,1H3. The van der Waals surface area contributed by atoms with Crippen LogP contribution in [0.3, 0.4) is 0 Å². The molecule has 0 fully saturated rings. The summed E-state index contributed by atoms with van der Waals surface area (Å²) in [5.41, 5.74) is 5.18. The fourth-order valence-electron chi connectivity index (χ4n) is 2.53. The Morgan fingerprint density at radius 2 is 1.70 bits per heavy atom. The summed E-state index contributed by atoms with van der Waals surface area (Å²) in [4.78, 5) is 9.31. The minimum Gasteiger partial charge on any atom is -0.241 e. The fraction of sp³-hybridized carbons (Fsp3) is 0.0556. The van der Waals surface area contributed by atoms with Gasteiger partial charge in [-0.1, -0.05) is 41.9 Å². The van der Waals surface area contributed by atoms with Crippen LogP contribution in [0.4, 0.5) is 0 Å². The van der Waals surface area contributed by atoms with E-state index < -0.39 is 0 Å². The molecule has 0 radical (unpaired) electrons. The van der Waals surface area contributed by atoms with Crippen LogP contribution in [0.15, 0.2) is 60.8 Å². The molecule has 112 valence electrons. The molecule has 2 aromatic carbocycles. The molecular formula is C18H13ClN4. The lowest BCUT2D eigenvalue weighted by molar-refractivity contribution is 0.878. The van der Waals surface area contributed by atoms with Crippen molar-refractivity contribution in [3.05, 3.63) is 71.5 Å². The van der Waals surface area contributed by atoms with Crippen molar-refractivity contribution in [1.82, 2.24) is 19.7 Å². The first-order valence-electron chi connectivity index (χ1n) is 7.26. The van der Waals surface area contributed by atoms with Crippen LogP contribution in [0, 0.1) is 6.92 Å². The van der Waals surface area contributed by atoms with E-state index in [1.807, 2.05) is 66.2 Å². The van der Waals surface area contributed by atoms with Gasteiger partial charge in [0.25, 0.3) is 0 Å². The van der Waals surface area contributed by atoms with Crippen LogP contribution in [0.5, 0.6) is 0 Å². The molecule has 0 amide bonds. The SMILES string of the molecule is Cc1nn(-c2ccccc2)c2ncc(-c3ccc(Cl)cc3)nc12. The molecule has 4 rings (SSSR count). The topological polar surface area (TPSA) is 43.6 Å². The second-order valence-corrected chi connectivity index (χ2v) is 5.70. The number of aryl methyl sites for hydroxylation is 1. The minimum atomic E-state index is 0.705. The monoisotopic (exact) mass is 320 g/mol. The van der Waals surface area contributed by atoms with Crippen molar-refractivity contribution in [3.8, 4) is 16.9 Å². The summed E-state index contributed by atoms with van der Waals surface area (Å²) in [6, 6.07) is 17.5. The average Bonchev–Trinajstić information content (AvgIpc) is 2.93. The summed E-state index contributed by atoms with van der Waals surface area (Å²) in [5, 5.41) is 5.28. The van der Waals surface area contributed by atoms with Crippen molar-refractivity contribution in [1.29, 1.82) is 0 Å². The molecule has 0 spiro atoms. The molecule has 0 aliphatic carbocycles. The van der Waals surface area contributed by atoms with E-state index in [9.17, 15) is 0 Å². The lowest BCUT2D eigenvalue weighted by atomic mass is 10.1. The molecule has 0 saturated carbocycles. The molecule has 0 unspecified atom stereocenters. The van der Waals surface area contributed by atoms with Gasteiger partial charge in [-0.3, -0.25) is 0 Å². The van der Waals surface area contributed by atoms with Crippen molar-refractivity contribution in [3.63, 3.8) is 0 Å². The number of para-hydroxylation sites is 1. The van der Waals surface area contributed by atoms with Crippen LogP contribution in [-0.4, -0.2) is 19.7 Å². The van der Waals surface area contributed by atoms with E-state index in [2.05, 4.69) is 10.1 Å². The molecule has 23 heavy (non-hydrogen) atoms. The number of benzene rings is 2.